The third-order valence-corrected chi connectivity index (χ3v) is 3.64. The lowest BCUT2D eigenvalue weighted by Crippen LogP contribution is -2.52. The topological polar surface area (TPSA) is 87.1 Å². The van der Waals surface area contributed by atoms with Gasteiger partial charge in [-0.05, 0) is 40.0 Å². The summed E-state index contributed by atoms with van der Waals surface area (Å²) in [7, 11) is 0. The molecule has 0 aliphatic carbocycles. The van der Waals surface area contributed by atoms with Gasteiger partial charge in [0, 0.05) is 13.1 Å². The number of aliphatic hydroxyl groups is 1. The van der Waals surface area contributed by atoms with Crippen molar-refractivity contribution in [3.05, 3.63) is 0 Å². The van der Waals surface area contributed by atoms with Crippen molar-refractivity contribution in [2.45, 2.75) is 58.2 Å². The third kappa shape index (κ3) is 4.10. The van der Waals surface area contributed by atoms with E-state index < -0.39 is 29.2 Å². The first-order chi connectivity index (χ1) is 9.09. The molecule has 1 aliphatic rings. The minimum absolute atomic E-state index is 0.261. The van der Waals surface area contributed by atoms with Crippen LogP contribution in [0, 0.1) is 5.92 Å². The van der Waals surface area contributed by atoms with Crippen molar-refractivity contribution in [1.82, 2.24) is 4.90 Å². The van der Waals surface area contributed by atoms with Gasteiger partial charge in [-0.2, -0.15) is 0 Å². The molecule has 0 unspecified atom stereocenters. The number of nitrogens with zero attached hydrogens (tertiary/aromatic N) is 1. The van der Waals surface area contributed by atoms with E-state index in [1.54, 1.807) is 27.7 Å². The van der Waals surface area contributed by atoms with E-state index in [-0.39, 0.29) is 12.8 Å². The molecular weight excluding hydrogens is 262 g/mol. The van der Waals surface area contributed by atoms with E-state index >= 15 is 0 Å². The summed E-state index contributed by atoms with van der Waals surface area (Å²) in [6.45, 7) is 7.76. The lowest BCUT2D eigenvalue weighted by Gasteiger charge is -2.41. The molecule has 0 radical (unpaired) electrons. The Morgan fingerprint density at radius 3 is 2.15 bits per heavy atom. The Kier molecular flexibility index (Phi) is 5.02. The Morgan fingerprint density at radius 2 is 1.80 bits per heavy atom. The maximum absolute atomic E-state index is 11.9. The van der Waals surface area contributed by atoms with Gasteiger partial charge < -0.3 is 19.8 Å². The van der Waals surface area contributed by atoms with Crippen LogP contribution in [-0.4, -0.2) is 51.5 Å². The fourth-order valence-electron chi connectivity index (χ4n) is 2.54. The lowest BCUT2D eigenvalue weighted by atomic mass is 9.78. The van der Waals surface area contributed by atoms with Gasteiger partial charge in [-0.25, -0.2) is 4.79 Å². The molecule has 1 fully saturated rings. The molecule has 0 aromatic heterocycles. The Balaban J connectivity index is 2.63. The zero-order chi connectivity index (χ0) is 15.6. The van der Waals surface area contributed by atoms with Gasteiger partial charge in [0.2, 0.25) is 0 Å². The molecule has 2 N–H and O–H groups in total. The molecule has 116 valence electrons. The number of amides is 1. The highest BCUT2D eigenvalue weighted by atomic mass is 16.6. The first-order valence-electron chi connectivity index (χ1n) is 7.02. The van der Waals surface area contributed by atoms with E-state index in [1.807, 2.05) is 0 Å². The van der Waals surface area contributed by atoms with Crippen LogP contribution in [0.2, 0.25) is 0 Å². The van der Waals surface area contributed by atoms with Crippen LogP contribution >= 0.6 is 0 Å². The first-order valence-corrected chi connectivity index (χ1v) is 7.02. The van der Waals surface area contributed by atoms with Gasteiger partial charge in [0.1, 0.15) is 5.60 Å². The second-order valence-electron chi connectivity index (χ2n) is 6.37. The fourth-order valence-corrected chi connectivity index (χ4v) is 2.54. The molecule has 0 aromatic rings. The molecule has 6 nitrogen and oxygen atoms in total. The highest BCUT2D eigenvalue weighted by Gasteiger charge is 2.43. The summed E-state index contributed by atoms with van der Waals surface area (Å²) in [5, 5.41) is 19.6. The quantitative estimate of drug-likeness (QED) is 0.827. The molecule has 0 aromatic carbocycles. The third-order valence-electron chi connectivity index (χ3n) is 3.64. The number of carboxylic acid groups (broad SMARTS) is 1. The number of ether oxygens (including phenoxy) is 1. The summed E-state index contributed by atoms with van der Waals surface area (Å²) in [4.78, 5) is 24.6. The summed E-state index contributed by atoms with van der Waals surface area (Å²) in [6, 6.07) is 0. The number of hydrogen-bond donors (Lipinski definition) is 2. The molecule has 1 amide bonds. The van der Waals surface area contributed by atoms with Crippen molar-refractivity contribution in [2.75, 3.05) is 13.1 Å². The van der Waals surface area contributed by atoms with Gasteiger partial charge in [-0.1, -0.05) is 6.92 Å². The van der Waals surface area contributed by atoms with Gasteiger partial charge >= 0.3 is 12.1 Å². The summed E-state index contributed by atoms with van der Waals surface area (Å²) >= 11 is 0. The van der Waals surface area contributed by atoms with Crippen molar-refractivity contribution in [2.24, 2.45) is 5.92 Å². The van der Waals surface area contributed by atoms with Crippen LogP contribution in [0.1, 0.15) is 47.0 Å². The Morgan fingerprint density at radius 1 is 1.30 bits per heavy atom. The van der Waals surface area contributed by atoms with Crippen molar-refractivity contribution in [1.29, 1.82) is 0 Å². The molecule has 1 heterocycles. The highest BCUT2D eigenvalue weighted by molar-refractivity contribution is 5.72. The second kappa shape index (κ2) is 5.99. The molecule has 0 saturated carbocycles. The number of carboxylic acids is 1. The zero-order valence-electron chi connectivity index (χ0n) is 12.7. The molecule has 0 bridgehead atoms. The van der Waals surface area contributed by atoms with E-state index in [2.05, 4.69) is 0 Å². The maximum Gasteiger partial charge on any atom is 0.410 e. The molecule has 1 atom stereocenters. The molecule has 20 heavy (non-hydrogen) atoms. The average molecular weight is 287 g/mol. The average Bonchev–Trinajstić information content (AvgIpc) is 2.27. The summed E-state index contributed by atoms with van der Waals surface area (Å²) in [5.41, 5.74) is -1.79. The van der Waals surface area contributed by atoms with Crippen molar-refractivity contribution in [3.63, 3.8) is 0 Å². The standard InChI is InChI=1S/C14H25NO5/c1-5-10(11(16)17)14(19)6-8-15(9-7-14)12(18)20-13(2,3)4/h10,19H,5-9H2,1-4H3,(H,16,17)/t10-/m1/s1. The largest absolute Gasteiger partial charge is 0.481 e. The molecular formula is C14H25NO5. The summed E-state index contributed by atoms with van der Waals surface area (Å²) in [5.74, 6) is -1.77. The van der Waals surface area contributed by atoms with Gasteiger partial charge in [0.15, 0.2) is 0 Å². The van der Waals surface area contributed by atoms with Gasteiger partial charge in [0.25, 0.3) is 0 Å². The number of piperidine rings is 1. The molecule has 6 heteroatoms. The predicted octanol–water partition coefficient (Wildman–Crippen LogP) is 1.86. The minimum Gasteiger partial charge on any atom is -0.481 e. The van der Waals surface area contributed by atoms with Crippen LogP contribution in [0.15, 0.2) is 0 Å². The number of hydrogen-bond acceptors (Lipinski definition) is 4. The van der Waals surface area contributed by atoms with Crippen molar-refractivity contribution in [3.8, 4) is 0 Å². The Hall–Kier alpha value is -1.30. The van der Waals surface area contributed by atoms with E-state index in [4.69, 9.17) is 9.84 Å². The van der Waals surface area contributed by atoms with Gasteiger partial charge in [0.05, 0.1) is 11.5 Å². The van der Waals surface area contributed by atoms with Crippen molar-refractivity contribution < 1.29 is 24.5 Å². The zero-order valence-corrected chi connectivity index (χ0v) is 12.7. The van der Waals surface area contributed by atoms with E-state index in [9.17, 15) is 14.7 Å². The number of likely N-dealkylation sites (tertiary alicyclic amines) is 1. The first kappa shape index (κ1) is 16.8. The molecule has 1 aliphatic heterocycles. The van der Waals surface area contributed by atoms with Crippen LogP contribution in [0.4, 0.5) is 4.79 Å². The Bertz CT molecular complexity index is 366. The predicted molar refractivity (Wildman–Crippen MR) is 73.4 cm³/mol. The van der Waals surface area contributed by atoms with Gasteiger partial charge in [-0.15, -0.1) is 0 Å². The summed E-state index contributed by atoms with van der Waals surface area (Å²) < 4.78 is 5.27. The van der Waals surface area contributed by atoms with E-state index in [0.717, 1.165) is 0 Å². The van der Waals surface area contributed by atoms with Gasteiger partial charge in [-0.3, -0.25) is 4.79 Å². The minimum atomic E-state index is -1.24. The van der Waals surface area contributed by atoms with E-state index in [1.165, 1.54) is 4.90 Å². The Labute approximate surface area is 119 Å². The molecule has 0 spiro atoms. The highest BCUT2D eigenvalue weighted by Crippen LogP contribution is 2.32. The van der Waals surface area contributed by atoms with E-state index in [0.29, 0.717) is 19.5 Å². The van der Waals surface area contributed by atoms with Crippen LogP contribution in [-0.2, 0) is 9.53 Å². The number of carbonyl (C=O) groups excluding carboxylic acids is 1. The normalized spacial score (nSPS) is 20.4. The fraction of sp³-hybridized carbons (Fsp3) is 0.857. The van der Waals surface area contributed by atoms with Crippen LogP contribution in [0.25, 0.3) is 0 Å². The van der Waals surface area contributed by atoms with Crippen LogP contribution in [0.3, 0.4) is 0 Å². The molecule has 1 rings (SSSR count). The SMILES string of the molecule is CC[C@H](C(=O)O)C1(O)CCN(C(=O)OC(C)(C)C)CC1. The monoisotopic (exact) mass is 287 g/mol. The molecule has 1 saturated heterocycles. The maximum atomic E-state index is 11.9. The number of aliphatic carboxylic acids is 1. The smallest absolute Gasteiger partial charge is 0.410 e. The lowest BCUT2D eigenvalue weighted by molar-refractivity contribution is -0.156. The number of rotatable bonds is 3. The van der Waals surface area contributed by atoms with Crippen molar-refractivity contribution >= 4 is 12.1 Å². The summed E-state index contributed by atoms with van der Waals surface area (Å²) in [6.07, 6.45) is 0.481. The van der Waals surface area contributed by atoms with Crippen LogP contribution in [0.5, 0.6) is 0 Å². The number of carbonyl (C=O) groups is 2. The second-order valence-corrected chi connectivity index (χ2v) is 6.37. The van der Waals surface area contributed by atoms with Crippen LogP contribution < -0.4 is 0 Å².